The summed E-state index contributed by atoms with van der Waals surface area (Å²) in [7, 11) is 4.09. The molecule has 0 bridgehead atoms. The molecule has 21 heavy (non-hydrogen) atoms. The average molecular weight is 300 g/mol. The van der Waals surface area contributed by atoms with E-state index < -0.39 is 0 Å². The van der Waals surface area contributed by atoms with Crippen LogP contribution >= 0.6 is 11.6 Å². The number of halogens is 1. The molecule has 108 valence electrons. The Labute approximate surface area is 130 Å². The molecule has 1 N–H and O–H groups in total. The first-order valence-corrected chi connectivity index (χ1v) is 7.15. The Bertz CT molecular complexity index is 632. The largest absolute Gasteiger partial charge is 0.382 e. The summed E-state index contributed by atoms with van der Waals surface area (Å²) in [5, 5.41) is 13.0. The van der Waals surface area contributed by atoms with E-state index in [9.17, 15) is 5.26 Å². The van der Waals surface area contributed by atoms with E-state index in [1.54, 1.807) is 6.07 Å². The Morgan fingerprint density at radius 2 is 1.86 bits per heavy atom. The first-order chi connectivity index (χ1) is 10.1. The smallest absolute Gasteiger partial charge is 0.103 e. The third-order valence-electron chi connectivity index (χ3n) is 3.42. The normalized spacial score (nSPS) is 12.0. The van der Waals surface area contributed by atoms with Gasteiger partial charge in [0.05, 0.1) is 22.3 Å². The second-order valence-electron chi connectivity index (χ2n) is 5.05. The highest BCUT2D eigenvalue weighted by molar-refractivity contribution is 6.32. The van der Waals surface area contributed by atoms with Crippen LogP contribution < -0.4 is 5.32 Å². The number of hydrogen-bond donors (Lipinski definition) is 1. The Morgan fingerprint density at radius 1 is 1.14 bits per heavy atom. The van der Waals surface area contributed by atoms with Crippen LogP contribution in [0.4, 0.5) is 5.69 Å². The minimum atomic E-state index is 0.219. The van der Waals surface area contributed by atoms with Crippen molar-refractivity contribution in [3.63, 3.8) is 0 Å². The van der Waals surface area contributed by atoms with Crippen molar-refractivity contribution in [2.75, 3.05) is 26.0 Å². The van der Waals surface area contributed by atoms with Gasteiger partial charge in [0.2, 0.25) is 0 Å². The number of nitrogens with one attached hydrogen (secondary N) is 1. The van der Waals surface area contributed by atoms with Crippen molar-refractivity contribution in [1.29, 1.82) is 5.26 Å². The molecular formula is C17H18ClN3. The highest BCUT2D eigenvalue weighted by atomic mass is 35.5. The maximum Gasteiger partial charge on any atom is 0.103 e. The molecule has 0 unspecified atom stereocenters. The van der Waals surface area contributed by atoms with E-state index in [0.717, 1.165) is 5.69 Å². The van der Waals surface area contributed by atoms with Gasteiger partial charge in [-0.3, -0.25) is 0 Å². The van der Waals surface area contributed by atoms with Crippen molar-refractivity contribution >= 4 is 17.3 Å². The summed E-state index contributed by atoms with van der Waals surface area (Å²) in [6.45, 7) is 0.700. The standard InChI is InChI=1S/C17H18ClN3/c1-21(2)17(13-7-4-3-5-8-13)12-20-16-10-6-9-15(18)14(16)11-19/h3-10,17,20H,12H2,1-2H3/t17-/m1/s1. The molecule has 0 saturated carbocycles. The Kier molecular flexibility index (Phi) is 5.21. The first-order valence-electron chi connectivity index (χ1n) is 6.77. The second kappa shape index (κ2) is 7.12. The Hall–Kier alpha value is -2.02. The molecule has 2 aromatic rings. The van der Waals surface area contributed by atoms with E-state index in [-0.39, 0.29) is 6.04 Å². The fourth-order valence-electron chi connectivity index (χ4n) is 2.27. The van der Waals surface area contributed by atoms with Gasteiger partial charge in [0.25, 0.3) is 0 Å². The SMILES string of the molecule is CN(C)[C@H](CNc1cccc(Cl)c1C#N)c1ccccc1. The fraction of sp³-hybridized carbons (Fsp3) is 0.235. The van der Waals surface area contributed by atoms with Crippen LogP contribution in [0.3, 0.4) is 0 Å². The molecule has 2 rings (SSSR count). The van der Waals surface area contributed by atoms with Crippen LogP contribution in [0.15, 0.2) is 48.5 Å². The van der Waals surface area contributed by atoms with Crippen molar-refractivity contribution in [2.24, 2.45) is 0 Å². The predicted molar refractivity (Wildman–Crippen MR) is 87.5 cm³/mol. The molecule has 0 aliphatic rings. The van der Waals surface area contributed by atoms with Gasteiger partial charge in [-0.2, -0.15) is 5.26 Å². The van der Waals surface area contributed by atoms with Gasteiger partial charge in [-0.15, -0.1) is 0 Å². The maximum atomic E-state index is 9.21. The lowest BCUT2D eigenvalue weighted by Crippen LogP contribution is -2.27. The molecule has 0 spiro atoms. The lowest BCUT2D eigenvalue weighted by atomic mass is 10.1. The van der Waals surface area contributed by atoms with Crippen molar-refractivity contribution < 1.29 is 0 Å². The van der Waals surface area contributed by atoms with Crippen LogP contribution in [0.2, 0.25) is 5.02 Å². The molecule has 0 fully saturated rings. The number of anilines is 1. The van der Waals surface area contributed by atoms with E-state index >= 15 is 0 Å². The van der Waals surface area contributed by atoms with E-state index in [2.05, 4.69) is 28.4 Å². The van der Waals surface area contributed by atoms with Gasteiger partial charge in [0.15, 0.2) is 0 Å². The topological polar surface area (TPSA) is 39.1 Å². The molecule has 3 nitrogen and oxygen atoms in total. The third-order valence-corrected chi connectivity index (χ3v) is 3.73. The number of hydrogen-bond acceptors (Lipinski definition) is 3. The summed E-state index contributed by atoms with van der Waals surface area (Å²) in [6, 6.07) is 18.1. The van der Waals surface area contributed by atoms with Crippen LogP contribution in [0.1, 0.15) is 17.2 Å². The summed E-state index contributed by atoms with van der Waals surface area (Å²) in [4.78, 5) is 2.15. The van der Waals surface area contributed by atoms with Gasteiger partial charge < -0.3 is 10.2 Å². The fourth-order valence-corrected chi connectivity index (χ4v) is 2.48. The first kappa shape index (κ1) is 15.4. The maximum absolute atomic E-state index is 9.21. The molecule has 0 radical (unpaired) electrons. The quantitative estimate of drug-likeness (QED) is 0.909. The predicted octanol–water partition coefficient (Wildman–Crippen LogP) is 3.93. The van der Waals surface area contributed by atoms with Crippen LogP contribution in [-0.2, 0) is 0 Å². The Morgan fingerprint density at radius 3 is 2.48 bits per heavy atom. The minimum Gasteiger partial charge on any atom is -0.382 e. The van der Waals surface area contributed by atoms with E-state index in [1.165, 1.54) is 5.56 Å². The van der Waals surface area contributed by atoms with Crippen molar-refractivity contribution in [3.8, 4) is 6.07 Å². The number of rotatable bonds is 5. The van der Waals surface area contributed by atoms with Crippen LogP contribution in [-0.4, -0.2) is 25.5 Å². The number of benzene rings is 2. The van der Waals surface area contributed by atoms with Gasteiger partial charge in [-0.25, -0.2) is 0 Å². The van der Waals surface area contributed by atoms with E-state index in [4.69, 9.17) is 11.6 Å². The summed E-state index contributed by atoms with van der Waals surface area (Å²) in [5.74, 6) is 0. The van der Waals surface area contributed by atoms with Gasteiger partial charge >= 0.3 is 0 Å². The van der Waals surface area contributed by atoms with Crippen LogP contribution in [0, 0.1) is 11.3 Å². The van der Waals surface area contributed by atoms with Crippen molar-refractivity contribution in [1.82, 2.24) is 4.90 Å². The zero-order chi connectivity index (χ0) is 15.2. The van der Waals surface area contributed by atoms with Crippen LogP contribution in [0.5, 0.6) is 0 Å². The molecule has 0 amide bonds. The van der Waals surface area contributed by atoms with Crippen molar-refractivity contribution in [2.45, 2.75) is 6.04 Å². The summed E-state index contributed by atoms with van der Waals surface area (Å²) in [5.41, 5.74) is 2.49. The van der Waals surface area contributed by atoms with Crippen LogP contribution in [0.25, 0.3) is 0 Å². The monoisotopic (exact) mass is 299 g/mol. The summed E-state index contributed by atoms with van der Waals surface area (Å²) >= 11 is 6.05. The molecule has 0 heterocycles. The molecule has 4 heteroatoms. The lowest BCUT2D eigenvalue weighted by Gasteiger charge is -2.25. The van der Waals surface area contributed by atoms with Gasteiger partial charge in [-0.05, 0) is 31.8 Å². The molecule has 2 aromatic carbocycles. The van der Waals surface area contributed by atoms with E-state index in [1.807, 2.05) is 44.4 Å². The number of nitrogens with zero attached hydrogens (tertiary/aromatic N) is 2. The minimum absolute atomic E-state index is 0.219. The molecular weight excluding hydrogens is 282 g/mol. The molecule has 0 aliphatic carbocycles. The average Bonchev–Trinajstić information content (AvgIpc) is 2.48. The molecule has 0 aliphatic heterocycles. The van der Waals surface area contributed by atoms with Gasteiger partial charge in [0.1, 0.15) is 6.07 Å². The second-order valence-corrected chi connectivity index (χ2v) is 5.45. The lowest BCUT2D eigenvalue weighted by molar-refractivity contribution is 0.312. The summed E-state index contributed by atoms with van der Waals surface area (Å²) in [6.07, 6.45) is 0. The highest BCUT2D eigenvalue weighted by Gasteiger charge is 2.14. The zero-order valence-corrected chi connectivity index (χ0v) is 12.9. The van der Waals surface area contributed by atoms with Gasteiger partial charge in [-0.1, -0.05) is 48.0 Å². The van der Waals surface area contributed by atoms with Crippen molar-refractivity contribution in [3.05, 3.63) is 64.7 Å². The highest BCUT2D eigenvalue weighted by Crippen LogP contribution is 2.25. The molecule has 1 atom stereocenters. The third kappa shape index (κ3) is 3.75. The zero-order valence-electron chi connectivity index (χ0n) is 12.2. The summed E-state index contributed by atoms with van der Waals surface area (Å²) < 4.78 is 0. The van der Waals surface area contributed by atoms with Gasteiger partial charge in [0, 0.05) is 6.54 Å². The molecule has 0 saturated heterocycles. The Balaban J connectivity index is 2.18. The number of nitriles is 1. The molecule has 0 aromatic heterocycles. The van der Waals surface area contributed by atoms with E-state index in [0.29, 0.717) is 17.1 Å². The number of likely N-dealkylation sites (N-methyl/N-ethyl adjacent to an activating group) is 1.